The summed E-state index contributed by atoms with van der Waals surface area (Å²) in [4.78, 5) is 23.6. The number of rotatable bonds is 6. The van der Waals surface area contributed by atoms with Crippen molar-refractivity contribution in [1.82, 2.24) is 4.31 Å². The summed E-state index contributed by atoms with van der Waals surface area (Å²) < 4.78 is 31.3. The van der Waals surface area contributed by atoms with Crippen LogP contribution < -0.4 is 5.32 Å². The van der Waals surface area contributed by atoms with Gasteiger partial charge in [0.1, 0.15) is 0 Å². The second kappa shape index (κ2) is 7.53. The molecular formula is C17H22N2O5S. The molecule has 0 spiro atoms. The van der Waals surface area contributed by atoms with Crippen LogP contribution in [-0.4, -0.2) is 44.3 Å². The van der Waals surface area contributed by atoms with Crippen LogP contribution in [0, 0.1) is 5.92 Å². The Balaban J connectivity index is 1.53. The number of ether oxygens (including phenoxy) is 1. The van der Waals surface area contributed by atoms with E-state index in [1.165, 1.54) is 28.6 Å². The zero-order valence-electron chi connectivity index (χ0n) is 13.9. The summed E-state index contributed by atoms with van der Waals surface area (Å²) in [5.41, 5.74) is 0.463. The molecule has 8 heteroatoms. The van der Waals surface area contributed by atoms with Gasteiger partial charge in [-0.05, 0) is 49.9 Å². The van der Waals surface area contributed by atoms with Crippen LogP contribution in [0.15, 0.2) is 29.2 Å². The lowest BCUT2D eigenvalue weighted by atomic mass is 9.86. The summed E-state index contributed by atoms with van der Waals surface area (Å²) in [7, 11) is -3.46. The van der Waals surface area contributed by atoms with Crippen LogP contribution in [0.25, 0.3) is 0 Å². The number of benzene rings is 1. The molecular weight excluding hydrogens is 344 g/mol. The number of hydrogen-bond donors (Lipinski definition) is 1. The Bertz CT molecular complexity index is 735. The predicted octanol–water partition coefficient (Wildman–Crippen LogP) is 1.75. The van der Waals surface area contributed by atoms with Crippen molar-refractivity contribution in [1.29, 1.82) is 0 Å². The van der Waals surface area contributed by atoms with Gasteiger partial charge in [0.15, 0.2) is 6.61 Å². The molecule has 1 saturated carbocycles. The molecule has 1 heterocycles. The van der Waals surface area contributed by atoms with Crippen molar-refractivity contribution in [2.45, 2.75) is 37.0 Å². The van der Waals surface area contributed by atoms with Crippen LogP contribution in [0.1, 0.15) is 32.1 Å². The van der Waals surface area contributed by atoms with Crippen molar-refractivity contribution in [2.75, 3.05) is 25.0 Å². The lowest BCUT2D eigenvalue weighted by molar-refractivity contribution is -0.154. The van der Waals surface area contributed by atoms with Crippen molar-refractivity contribution >= 4 is 27.6 Å². The molecule has 3 rings (SSSR count). The molecule has 1 N–H and O–H groups in total. The standard InChI is InChI=1S/C17H22N2O5S/c20-16(12-24-17(21)13-4-3-5-13)18-14-6-8-15(9-7-14)25(22,23)19-10-1-2-11-19/h6-9,13H,1-5,10-12H2,(H,18,20). The smallest absolute Gasteiger partial charge is 0.309 e. The molecule has 0 aromatic heterocycles. The maximum absolute atomic E-state index is 12.4. The number of hydrogen-bond acceptors (Lipinski definition) is 5. The Hall–Kier alpha value is -1.93. The molecule has 1 saturated heterocycles. The zero-order valence-corrected chi connectivity index (χ0v) is 14.8. The Labute approximate surface area is 147 Å². The van der Waals surface area contributed by atoms with Gasteiger partial charge in [-0.25, -0.2) is 8.42 Å². The molecule has 2 fully saturated rings. The van der Waals surface area contributed by atoms with E-state index in [1.54, 1.807) is 0 Å². The molecule has 136 valence electrons. The first-order valence-corrected chi connectivity index (χ1v) is 9.97. The minimum Gasteiger partial charge on any atom is -0.455 e. The number of carbonyl (C=O) groups excluding carboxylic acids is 2. The molecule has 0 bridgehead atoms. The van der Waals surface area contributed by atoms with Gasteiger partial charge in [-0.15, -0.1) is 0 Å². The summed E-state index contributed by atoms with van der Waals surface area (Å²) in [6.07, 6.45) is 4.44. The Morgan fingerprint density at radius 2 is 1.72 bits per heavy atom. The van der Waals surface area contributed by atoms with E-state index in [2.05, 4.69) is 5.32 Å². The van der Waals surface area contributed by atoms with E-state index in [1.807, 2.05) is 0 Å². The van der Waals surface area contributed by atoms with Crippen molar-refractivity contribution in [2.24, 2.45) is 5.92 Å². The third-order valence-electron chi connectivity index (χ3n) is 4.62. The highest BCUT2D eigenvalue weighted by Gasteiger charge is 2.28. The normalized spacial score (nSPS) is 18.6. The third-order valence-corrected chi connectivity index (χ3v) is 6.54. The van der Waals surface area contributed by atoms with Gasteiger partial charge in [-0.3, -0.25) is 9.59 Å². The van der Waals surface area contributed by atoms with Gasteiger partial charge in [0.05, 0.1) is 10.8 Å². The van der Waals surface area contributed by atoms with Crippen LogP contribution in [-0.2, 0) is 24.3 Å². The van der Waals surface area contributed by atoms with Gasteiger partial charge in [-0.1, -0.05) is 6.42 Å². The lowest BCUT2D eigenvalue weighted by Gasteiger charge is -2.22. The number of carbonyl (C=O) groups is 2. The van der Waals surface area contributed by atoms with E-state index >= 15 is 0 Å². The molecule has 2 aliphatic rings. The van der Waals surface area contributed by atoms with Crippen molar-refractivity contribution in [3.63, 3.8) is 0 Å². The summed E-state index contributed by atoms with van der Waals surface area (Å²) in [5.74, 6) is -0.834. The van der Waals surface area contributed by atoms with Crippen molar-refractivity contribution < 1.29 is 22.7 Å². The Morgan fingerprint density at radius 1 is 1.08 bits per heavy atom. The van der Waals surface area contributed by atoms with E-state index in [4.69, 9.17) is 4.74 Å². The molecule has 1 aromatic rings. The number of esters is 1. The third kappa shape index (κ3) is 4.19. The zero-order chi connectivity index (χ0) is 17.9. The highest BCUT2D eigenvalue weighted by molar-refractivity contribution is 7.89. The maximum atomic E-state index is 12.4. The molecule has 0 unspecified atom stereocenters. The van der Waals surface area contributed by atoms with Gasteiger partial charge in [0.2, 0.25) is 10.0 Å². The number of amides is 1. The Kier molecular flexibility index (Phi) is 5.39. The van der Waals surface area contributed by atoms with Gasteiger partial charge in [0, 0.05) is 18.8 Å². The number of nitrogens with one attached hydrogen (secondary N) is 1. The maximum Gasteiger partial charge on any atom is 0.309 e. The molecule has 1 aromatic carbocycles. The number of sulfonamides is 1. The Morgan fingerprint density at radius 3 is 2.28 bits per heavy atom. The molecule has 1 aliphatic heterocycles. The fraction of sp³-hybridized carbons (Fsp3) is 0.529. The van der Waals surface area contributed by atoms with Crippen LogP contribution in [0.2, 0.25) is 0 Å². The SMILES string of the molecule is O=C(COC(=O)C1CCC1)Nc1ccc(S(=O)(=O)N2CCCC2)cc1. The van der Waals surface area contributed by atoms with Crippen LogP contribution in [0.5, 0.6) is 0 Å². The average molecular weight is 366 g/mol. The topological polar surface area (TPSA) is 92.8 Å². The van der Waals surface area contributed by atoms with Gasteiger partial charge in [-0.2, -0.15) is 4.31 Å². The monoisotopic (exact) mass is 366 g/mol. The summed E-state index contributed by atoms with van der Waals surface area (Å²) in [6.45, 7) is 0.767. The van der Waals surface area contributed by atoms with Gasteiger partial charge >= 0.3 is 5.97 Å². The molecule has 25 heavy (non-hydrogen) atoms. The van der Waals surface area contributed by atoms with Crippen LogP contribution in [0.3, 0.4) is 0 Å². The minimum atomic E-state index is -3.46. The van der Waals surface area contributed by atoms with Crippen molar-refractivity contribution in [3.05, 3.63) is 24.3 Å². The fourth-order valence-corrected chi connectivity index (χ4v) is 4.40. The quantitative estimate of drug-likeness (QED) is 0.775. The first kappa shape index (κ1) is 17.9. The summed E-state index contributed by atoms with van der Waals surface area (Å²) in [6, 6.07) is 6.02. The largest absolute Gasteiger partial charge is 0.455 e. The van der Waals surface area contributed by atoms with E-state index in [0.29, 0.717) is 18.8 Å². The second-order valence-electron chi connectivity index (χ2n) is 6.42. The highest BCUT2D eigenvalue weighted by atomic mass is 32.2. The van der Waals surface area contributed by atoms with E-state index in [9.17, 15) is 18.0 Å². The average Bonchev–Trinajstić information content (AvgIpc) is 3.07. The first-order valence-electron chi connectivity index (χ1n) is 8.53. The van der Waals surface area contributed by atoms with E-state index < -0.39 is 15.9 Å². The predicted molar refractivity (Wildman–Crippen MR) is 91.4 cm³/mol. The molecule has 0 atom stereocenters. The van der Waals surface area contributed by atoms with E-state index in [0.717, 1.165) is 32.1 Å². The first-order chi connectivity index (χ1) is 12.0. The van der Waals surface area contributed by atoms with E-state index in [-0.39, 0.29) is 23.4 Å². The van der Waals surface area contributed by atoms with Gasteiger partial charge < -0.3 is 10.1 Å². The van der Waals surface area contributed by atoms with Crippen molar-refractivity contribution in [3.8, 4) is 0 Å². The van der Waals surface area contributed by atoms with Gasteiger partial charge in [0.25, 0.3) is 5.91 Å². The number of nitrogens with zero attached hydrogens (tertiary/aromatic N) is 1. The summed E-state index contributed by atoms with van der Waals surface area (Å²) in [5, 5.41) is 2.60. The highest BCUT2D eigenvalue weighted by Crippen LogP contribution is 2.27. The van der Waals surface area contributed by atoms with Crippen LogP contribution >= 0.6 is 0 Å². The summed E-state index contributed by atoms with van der Waals surface area (Å²) >= 11 is 0. The number of anilines is 1. The lowest BCUT2D eigenvalue weighted by Crippen LogP contribution is -2.28. The molecule has 1 amide bonds. The fourth-order valence-electron chi connectivity index (χ4n) is 2.88. The molecule has 0 radical (unpaired) electrons. The minimum absolute atomic E-state index is 0.0668. The molecule has 1 aliphatic carbocycles. The second-order valence-corrected chi connectivity index (χ2v) is 8.36. The van der Waals surface area contributed by atoms with Crippen LogP contribution in [0.4, 0.5) is 5.69 Å². The molecule has 7 nitrogen and oxygen atoms in total.